The van der Waals surface area contributed by atoms with E-state index in [1.165, 1.54) is 12.8 Å². The zero-order valence-corrected chi connectivity index (χ0v) is 7.23. The Balaban J connectivity index is 3.27. The summed E-state index contributed by atoms with van der Waals surface area (Å²) in [6.07, 6.45) is 2.57. The van der Waals surface area contributed by atoms with Crippen molar-refractivity contribution in [2.75, 3.05) is 4.93 Å². The van der Waals surface area contributed by atoms with Crippen LogP contribution in [0.15, 0.2) is 0 Å². The molecule has 0 amide bonds. The monoisotopic (exact) mass is 212 g/mol. The second-order valence-electron chi connectivity index (χ2n) is 1.58. The summed E-state index contributed by atoms with van der Waals surface area (Å²) in [7, 11) is 0. The van der Waals surface area contributed by atoms with Crippen LogP contribution in [0.25, 0.3) is 0 Å². The van der Waals surface area contributed by atoms with E-state index in [1.807, 2.05) is 0 Å². The summed E-state index contributed by atoms with van der Waals surface area (Å²) in [5, 5.41) is 0. The van der Waals surface area contributed by atoms with Crippen molar-refractivity contribution in [2.45, 2.75) is 19.8 Å². The highest BCUT2D eigenvalue weighted by Gasteiger charge is 1.67. The molecule has 1 heteroatoms. The van der Waals surface area contributed by atoms with Crippen molar-refractivity contribution in [3.63, 3.8) is 0 Å². The molecular formula is C6H13I. The van der Waals surface area contributed by atoms with Gasteiger partial charge in [0.15, 0.2) is 0 Å². The Morgan fingerprint density at radius 3 is 2.43 bits per heavy atom. The Morgan fingerprint density at radius 2 is 2.29 bits per heavy atom. The van der Waals surface area contributed by atoms with Gasteiger partial charge >= 0.3 is 0 Å². The van der Waals surface area contributed by atoms with Crippen molar-refractivity contribution < 1.29 is 0 Å². The molecule has 0 rings (SSSR count). The number of rotatable bonds is 2. The highest BCUT2D eigenvalue weighted by atomic mass is 127. The van der Waals surface area contributed by atoms with Crippen LogP contribution >= 0.6 is 18.9 Å². The lowest BCUT2D eigenvalue weighted by molar-refractivity contribution is 1.02. The second-order valence-corrected chi connectivity index (χ2v) is 6.12. The number of hydrogen-bond donors (Lipinski definition) is 0. The molecule has 0 aromatic carbocycles. The van der Waals surface area contributed by atoms with Crippen molar-refractivity contribution in [1.29, 1.82) is 0 Å². The standard InChI is InChI=1S/C6H13I/c1-4-5-6-7(2)3/h6H,2,4-5H2,1,3H3. The van der Waals surface area contributed by atoms with E-state index in [1.54, 1.807) is 0 Å². The zero-order chi connectivity index (χ0) is 5.70. The molecule has 0 spiro atoms. The van der Waals surface area contributed by atoms with E-state index in [0.717, 1.165) is 0 Å². The first-order valence-electron chi connectivity index (χ1n) is 2.48. The van der Waals surface area contributed by atoms with E-state index in [9.17, 15) is 0 Å². The smallest absolute Gasteiger partial charge is 0.0218 e. The Hall–Kier alpha value is 0.470. The SMILES string of the molecule is C=I(/C)=C/CCC. The molecule has 0 radical (unpaired) electrons. The molecule has 0 aliphatic heterocycles. The fraction of sp³-hybridized carbons (Fsp3) is 0.667. The van der Waals surface area contributed by atoms with Crippen molar-refractivity contribution in [2.24, 2.45) is 0 Å². The average Bonchev–Trinajstić information content (AvgIpc) is 1.61. The van der Waals surface area contributed by atoms with E-state index < -0.39 is 18.9 Å². The van der Waals surface area contributed by atoms with Gasteiger partial charge in [0.2, 0.25) is 0 Å². The quantitative estimate of drug-likeness (QED) is 0.486. The third-order valence-electron chi connectivity index (χ3n) is 0.661. The normalized spacial score (nSPS) is 14.6. The molecule has 0 saturated carbocycles. The summed E-state index contributed by atoms with van der Waals surface area (Å²) in [6.45, 7) is 2.20. The van der Waals surface area contributed by atoms with E-state index in [2.05, 4.69) is 20.4 Å². The molecule has 0 bridgehead atoms. The highest BCUT2D eigenvalue weighted by molar-refractivity contribution is 14.2. The van der Waals surface area contributed by atoms with Crippen LogP contribution in [-0.4, -0.2) is 13.5 Å². The van der Waals surface area contributed by atoms with Crippen LogP contribution in [0.3, 0.4) is 0 Å². The summed E-state index contributed by atoms with van der Waals surface area (Å²) < 4.78 is 6.37. The van der Waals surface area contributed by atoms with Crippen LogP contribution in [0.4, 0.5) is 0 Å². The molecule has 0 aliphatic rings. The first kappa shape index (κ1) is 7.47. The molecule has 0 heterocycles. The fourth-order valence-electron chi connectivity index (χ4n) is 0.295. The van der Waals surface area contributed by atoms with Crippen LogP contribution in [0, 0.1) is 0 Å². The van der Waals surface area contributed by atoms with Gasteiger partial charge in [-0.2, -0.15) is 18.9 Å². The number of halogens is 1. The first-order valence-corrected chi connectivity index (χ1v) is 7.41. The molecule has 0 N–H and O–H groups in total. The maximum atomic E-state index is 3.98. The van der Waals surface area contributed by atoms with E-state index in [4.69, 9.17) is 0 Å². The van der Waals surface area contributed by atoms with Crippen molar-refractivity contribution >= 4 is 27.4 Å². The van der Waals surface area contributed by atoms with E-state index >= 15 is 0 Å². The summed E-state index contributed by atoms with van der Waals surface area (Å²) in [6, 6.07) is 0. The lowest BCUT2D eigenvalue weighted by atomic mass is 10.4. The minimum absolute atomic E-state index is 0.703. The molecule has 0 nitrogen and oxygen atoms in total. The molecular weight excluding hydrogens is 199 g/mol. The van der Waals surface area contributed by atoms with Gasteiger partial charge in [0.05, 0.1) is 0 Å². The van der Waals surface area contributed by atoms with Gasteiger partial charge in [-0.3, -0.25) is 0 Å². The molecule has 0 aromatic heterocycles. The van der Waals surface area contributed by atoms with Crippen molar-refractivity contribution in [3.05, 3.63) is 0 Å². The van der Waals surface area contributed by atoms with Gasteiger partial charge in [-0.05, 0) is 11.4 Å². The lowest BCUT2D eigenvalue weighted by Gasteiger charge is -1.80. The Morgan fingerprint density at radius 1 is 1.71 bits per heavy atom. The van der Waals surface area contributed by atoms with Gasteiger partial charge in [0, 0.05) is 0 Å². The van der Waals surface area contributed by atoms with Gasteiger partial charge in [-0.25, -0.2) is 0 Å². The summed E-state index contributed by atoms with van der Waals surface area (Å²) >= 11 is -0.703. The number of alkyl halides is 1. The maximum absolute atomic E-state index is 3.98. The molecule has 0 atom stereocenters. The van der Waals surface area contributed by atoms with Crippen LogP contribution < -0.4 is 0 Å². The van der Waals surface area contributed by atoms with Crippen molar-refractivity contribution in [1.82, 2.24) is 0 Å². The van der Waals surface area contributed by atoms with Gasteiger partial charge in [-0.15, -0.1) is 0 Å². The zero-order valence-electron chi connectivity index (χ0n) is 5.08. The van der Waals surface area contributed by atoms with Crippen molar-refractivity contribution in [3.8, 4) is 0 Å². The molecule has 44 valence electrons. The summed E-state index contributed by atoms with van der Waals surface area (Å²) in [5.41, 5.74) is 0. The van der Waals surface area contributed by atoms with Crippen LogP contribution in [0.2, 0.25) is 0 Å². The van der Waals surface area contributed by atoms with Gasteiger partial charge in [-0.1, -0.05) is 21.9 Å². The number of hydrogen-bond acceptors (Lipinski definition) is 0. The maximum Gasteiger partial charge on any atom is -0.0218 e. The second kappa shape index (κ2) is 4.62. The first-order chi connectivity index (χ1) is 3.27. The fourth-order valence-corrected chi connectivity index (χ4v) is 1.98. The third-order valence-corrected chi connectivity index (χ3v) is 2.79. The van der Waals surface area contributed by atoms with Crippen LogP contribution in [0.5, 0.6) is 0 Å². The highest BCUT2D eigenvalue weighted by Crippen LogP contribution is 1.97. The summed E-state index contributed by atoms with van der Waals surface area (Å²) in [5.74, 6) is 0. The van der Waals surface area contributed by atoms with E-state index in [-0.39, 0.29) is 0 Å². The van der Waals surface area contributed by atoms with Gasteiger partial charge < -0.3 is 0 Å². The summed E-state index contributed by atoms with van der Waals surface area (Å²) in [4.78, 5) is 2.26. The Labute approximate surface area is 52.3 Å². The predicted octanol–water partition coefficient (Wildman–Crippen LogP) is 2.16. The van der Waals surface area contributed by atoms with Gasteiger partial charge in [0.25, 0.3) is 0 Å². The van der Waals surface area contributed by atoms with Crippen LogP contribution in [-0.2, 0) is 0 Å². The predicted molar refractivity (Wildman–Crippen MR) is 48.0 cm³/mol. The topological polar surface area (TPSA) is 0 Å². The molecule has 0 aliphatic carbocycles. The van der Waals surface area contributed by atoms with E-state index in [0.29, 0.717) is 0 Å². The van der Waals surface area contributed by atoms with Crippen LogP contribution in [0.1, 0.15) is 19.8 Å². The minimum Gasteiger partial charge on any atom is -0.165 e. The Bertz CT molecular complexity index is 96.7. The molecule has 0 fully saturated rings. The number of unbranched alkanes of at least 4 members (excludes halogenated alkanes) is 1. The minimum atomic E-state index is -0.703. The average molecular weight is 212 g/mol. The Kier molecular flexibility index (Phi) is 4.94. The molecule has 0 saturated heterocycles. The van der Waals surface area contributed by atoms with Gasteiger partial charge in [0.1, 0.15) is 0 Å². The molecule has 0 aromatic rings. The molecule has 0 unspecified atom stereocenters. The molecule has 7 heavy (non-hydrogen) atoms. The third kappa shape index (κ3) is 6.47. The lowest BCUT2D eigenvalue weighted by Crippen LogP contribution is -1.64. The largest absolute Gasteiger partial charge is 0.165 e.